The fourth-order valence-corrected chi connectivity index (χ4v) is 4.39. The molecule has 1 heterocycles. The molecular weight excluding hydrogens is 366 g/mol. The topological polar surface area (TPSA) is 105 Å². The van der Waals surface area contributed by atoms with E-state index >= 15 is 0 Å². The highest BCUT2D eigenvalue weighted by Crippen LogP contribution is 2.43. The zero-order chi connectivity index (χ0) is 20.4. The number of nitrogens with one attached hydrogen (secondary N) is 1. The van der Waals surface area contributed by atoms with E-state index in [-0.39, 0.29) is 11.7 Å². The number of rotatable bonds is 6. The van der Waals surface area contributed by atoms with Crippen LogP contribution in [-0.4, -0.2) is 22.0 Å². The number of aromatic nitrogens is 1. The minimum Gasteiger partial charge on any atom is -0.465 e. The number of benzene rings is 1. The first-order chi connectivity index (χ1) is 14.0. The number of carboxylic acid groups (broad SMARTS) is 1. The minimum atomic E-state index is -1.06. The van der Waals surface area contributed by atoms with Crippen molar-refractivity contribution in [3.63, 3.8) is 0 Å². The molecule has 1 aromatic heterocycles. The Morgan fingerprint density at radius 3 is 2.21 bits per heavy atom. The number of hydrogen-bond donors (Lipinski definition) is 3. The summed E-state index contributed by atoms with van der Waals surface area (Å²) < 4.78 is 0. The molecule has 29 heavy (non-hydrogen) atoms. The average molecular weight is 393 g/mol. The minimum absolute atomic E-state index is 0.0252. The van der Waals surface area contributed by atoms with Crippen molar-refractivity contribution in [3.8, 4) is 0 Å². The number of pyridine rings is 1. The summed E-state index contributed by atoms with van der Waals surface area (Å²) >= 11 is 0. The van der Waals surface area contributed by atoms with Gasteiger partial charge in [-0.1, -0.05) is 18.2 Å². The van der Waals surface area contributed by atoms with Gasteiger partial charge in [-0.3, -0.25) is 10.1 Å². The second-order valence-corrected chi connectivity index (χ2v) is 8.18. The van der Waals surface area contributed by atoms with E-state index in [0.717, 1.165) is 49.8 Å². The summed E-state index contributed by atoms with van der Waals surface area (Å²) in [5.74, 6) is 1.10. The van der Waals surface area contributed by atoms with Crippen molar-refractivity contribution in [2.45, 2.75) is 56.9 Å². The molecule has 0 bridgehead atoms. The molecular formula is C23H27N3O3. The van der Waals surface area contributed by atoms with Crippen LogP contribution >= 0.6 is 0 Å². The Morgan fingerprint density at radius 1 is 0.966 bits per heavy atom. The van der Waals surface area contributed by atoms with Gasteiger partial charge < -0.3 is 10.8 Å². The summed E-state index contributed by atoms with van der Waals surface area (Å²) in [4.78, 5) is 28.6. The van der Waals surface area contributed by atoms with E-state index in [9.17, 15) is 9.59 Å². The number of hydrogen-bond acceptors (Lipinski definition) is 4. The van der Waals surface area contributed by atoms with Gasteiger partial charge >= 0.3 is 6.09 Å². The molecule has 6 heteroatoms. The maximum absolute atomic E-state index is 13.2. The van der Waals surface area contributed by atoms with E-state index in [2.05, 4.69) is 16.4 Å². The molecule has 0 unspecified atom stereocenters. The third-order valence-corrected chi connectivity index (χ3v) is 6.18. The highest BCUT2D eigenvalue weighted by atomic mass is 16.4. The molecule has 4 N–H and O–H groups in total. The van der Waals surface area contributed by atoms with Gasteiger partial charge in [0.15, 0.2) is 5.78 Å². The Kier molecular flexibility index (Phi) is 5.62. The van der Waals surface area contributed by atoms with Crippen LogP contribution in [0.15, 0.2) is 36.4 Å². The van der Waals surface area contributed by atoms with Crippen molar-refractivity contribution >= 4 is 17.6 Å². The first-order valence-electron chi connectivity index (χ1n) is 10.4. The largest absolute Gasteiger partial charge is 0.465 e. The number of nitrogens with zero attached hydrogens (tertiary/aromatic N) is 1. The van der Waals surface area contributed by atoms with E-state index in [1.165, 1.54) is 5.56 Å². The molecule has 6 nitrogen and oxygen atoms in total. The number of anilines is 1. The highest BCUT2D eigenvalue weighted by Gasteiger charge is 2.33. The number of nitrogens with two attached hydrogens (primary N) is 1. The van der Waals surface area contributed by atoms with Crippen molar-refractivity contribution in [3.05, 3.63) is 58.9 Å². The number of carbonyl (C=O) groups is 2. The standard InChI is InChI=1S/C23H27N3O3/c24-13-19-11-12-20(16-3-4-16)21(25-19)22(27)17-5-1-14(2-6-17)15-7-9-18(10-8-15)26-23(28)29/h7-12,14,16-17,26H,1-6,13,24H2,(H,28,29). The fraction of sp³-hybridized carbons (Fsp3) is 0.435. The smallest absolute Gasteiger partial charge is 0.409 e. The average Bonchev–Trinajstić information content (AvgIpc) is 3.58. The fourth-order valence-electron chi connectivity index (χ4n) is 4.39. The molecule has 0 saturated heterocycles. The zero-order valence-corrected chi connectivity index (χ0v) is 16.4. The number of carbonyl (C=O) groups excluding carboxylic acids is 1. The number of amides is 1. The van der Waals surface area contributed by atoms with Crippen LogP contribution < -0.4 is 11.1 Å². The molecule has 2 fully saturated rings. The third-order valence-electron chi connectivity index (χ3n) is 6.18. The lowest BCUT2D eigenvalue weighted by Crippen LogP contribution is -2.23. The third kappa shape index (κ3) is 4.48. The SMILES string of the molecule is NCc1ccc(C2CC2)c(C(=O)C2CCC(c3ccc(NC(=O)O)cc3)CC2)n1. The van der Waals surface area contributed by atoms with Crippen molar-refractivity contribution in [2.75, 3.05) is 5.32 Å². The molecule has 0 aliphatic heterocycles. The van der Waals surface area contributed by atoms with Crippen LogP contribution in [0.3, 0.4) is 0 Å². The van der Waals surface area contributed by atoms with Gasteiger partial charge in [0.1, 0.15) is 5.69 Å². The molecule has 2 aliphatic rings. The van der Waals surface area contributed by atoms with Crippen LogP contribution in [-0.2, 0) is 6.54 Å². The second kappa shape index (κ2) is 8.33. The normalized spacial score (nSPS) is 21.6. The van der Waals surface area contributed by atoms with Crippen molar-refractivity contribution in [1.82, 2.24) is 4.98 Å². The molecule has 2 aliphatic carbocycles. The van der Waals surface area contributed by atoms with Gasteiger partial charge in [0.25, 0.3) is 0 Å². The molecule has 4 rings (SSSR count). The maximum Gasteiger partial charge on any atom is 0.409 e. The Morgan fingerprint density at radius 2 is 1.62 bits per heavy atom. The van der Waals surface area contributed by atoms with Crippen LogP contribution in [0.2, 0.25) is 0 Å². The predicted molar refractivity (Wildman–Crippen MR) is 111 cm³/mol. The summed E-state index contributed by atoms with van der Waals surface area (Å²) in [6, 6.07) is 11.6. The molecule has 2 saturated carbocycles. The van der Waals surface area contributed by atoms with Crippen molar-refractivity contribution in [1.29, 1.82) is 0 Å². The molecule has 2 aromatic rings. The summed E-state index contributed by atoms with van der Waals surface area (Å²) in [5, 5.41) is 11.2. The predicted octanol–water partition coefficient (Wildman–Crippen LogP) is 4.66. The lowest BCUT2D eigenvalue weighted by molar-refractivity contribution is 0.0877. The molecule has 1 amide bonds. The highest BCUT2D eigenvalue weighted by molar-refractivity contribution is 5.97. The molecule has 0 radical (unpaired) electrons. The number of ketones is 1. The van der Waals surface area contributed by atoms with Gasteiger partial charge in [-0.25, -0.2) is 9.78 Å². The van der Waals surface area contributed by atoms with Crippen LogP contribution in [0.1, 0.15) is 77.7 Å². The summed E-state index contributed by atoms with van der Waals surface area (Å²) in [7, 11) is 0. The van der Waals surface area contributed by atoms with Crippen LogP contribution in [0.4, 0.5) is 10.5 Å². The summed E-state index contributed by atoms with van der Waals surface area (Å²) in [6.45, 7) is 0.352. The Labute approximate surface area is 170 Å². The second-order valence-electron chi connectivity index (χ2n) is 8.18. The molecule has 152 valence electrons. The van der Waals surface area contributed by atoms with Crippen LogP contribution in [0.25, 0.3) is 0 Å². The van der Waals surface area contributed by atoms with Gasteiger partial charge in [0.2, 0.25) is 0 Å². The van der Waals surface area contributed by atoms with Crippen LogP contribution in [0, 0.1) is 5.92 Å². The van der Waals surface area contributed by atoms with E-state index < -0.39 is 6.09 Å². The van der Waals surface area contributed by atoms with Gasteiger partial charge in [0, 0.05) is 18.2 Å². The summed E-state index contributed by atoms with van der Waals surface area (Å²) in [5.41, 5.74) is 10.1. The van der Waals surface area contributed by atoms with Gasteiger partial charge in [-0.2, -0.15) is 0 Å². The first kappa shape index (κ1) is 19.6. The van der Waals surface area contributed by atoms with E-state index in [0.29, 0.717) is 29.8 Å². The molecule has 1 aromatic carbocycles. The molecule has 0 spiro atoms. The van der Waals surface area contributed by atoms with Gasteiger partial charge in [-0.05, 0) is 79.7 Å². The van der Waals surface area contributed by atoms with Gasteiger partial charge in [-0.15, -0.1) is 0 Å². The number of Topliss-reactive ketones (excluding diaryl/α,β-unsaturated/α-hetero) is 1. The van der Waals surface area contributed by atoms with Crippen molar-refractivity contribution < 1.29 is 14.7 Å². The maximum atomic E-state index is 13.2. The monoisotopic (exact) mass is 393 g/mol. The van der Waals surface area contributed by atoms with E-state index in [1.54, 1.807) is 12.1 Å². The summed E-state index contributed by atoms with van der Waals surface area (Å²) in [6.07, 6.45) is 4.85. The van der Waals surface area contributed by atoms with Crippen LogP contribution in [0.5, 0.6) is 0 Å². The zero-order valence-electron chi connectivity index (χ0n) is 16.4. The Hall–Kier alpha value is -2.73. The first-order valence-corrected chi connectivity index (χ1v) is 10.4. The lowest BCUT2D eigenvalue weighted by atomic mass is 9.76. The van der Waals surface area contributed by atoms with Crippen molar-refractivity contribution in [2.24, 2.45) is 11.7 Å². The quantitative estimate of drug-likeness (QED) is 0.619. The Bertz CT molecular complexity index is 898. The Balaban J connectivity index is 1.42. The van der Waals surface area contributed by atoms with E-state index in [4.69, 9.17) is 10.8 Å². The van der Waals surface area contributed by atoms with E-state index in [1.807, 2.05) is 18.2 Å². The molecule has 0 atom stereocenters. The van der Waals surface area contributed by atoms with Gasteiger partial charge in [0.05, 0.1) is 5.69 Å². The lowest BCUT2D eigenvalue weighted by Gasteiger charge is -2.28.